The van der Waals surface area contributed by atoms with E-state index in [1.54, 1.807) is 19.1 Å². The highest BCUT2D eigenvalue weighted by Gasteiger charge is 2.16. The number of esters is 1. The van der Waals surface area contributed by atoms with E-state index in [9.17, 15) is 9.59 Å². The third-order valence-electron chi connectivity index (χ3n) is 4.07. The molecule has 0 aliphatic rings. The fourth-order valence-electron chi connectivity index (χ4n) is 2.67. The predicted octanol–water partition coefficient (Wildman–Crippen LogP) is 3.69. The van der Waals surface area contributed by atoms with Crippen LogP contribution in [0.2, 0.25) is 0 Å². The molecule has 6 heteroatoms. The van der Waals surface area contributed by atoms with Crippen LogP contribution in [0.25, 0.3) is 10.8 Å². The molecule has 1 heterocycles. The van der Waals surface area contributed by atoms with E-state index in [0.717, 1.165) is 16.5 Å². The number of methoxy groups -OCH3 is 1. The minimum absolute atomic E-state index is 0.0981. The molecule has 0 bridgehead atoms. The monoisotopic (exact) mass is 367 g/mol. The van der Waals surface area contributed by atoms with E-state index in [4.69, 9.17) is 9.15 Å². The van der Waals surface area contributed by atoms with E-state index in [1.807, 2.05) is 42.5 Å². The Bertz CT molecular complexity index is 946. The smallest absolute Gasteiger partial charge is 0.307 e. The highest BCUT2D eigenvalue weighted by atomic mass is 16.5. The number of carbonyl (C=O) groups is 2. The van der Waals surface area contributed by atoms with Gasteiger partial charge in [0.15, 0.2) is 5.76 Å². The molecule has 27 heavy (non-hydrogen) atoms. The first-order valence-electron chi connectivity index (χ1n) is 8.63. The predicted molar refractivity (Wildman–Crippen MR) is 101 cm³/mol. The van der Waals surface area contributed by atoms with Crippen LogP contribution in [0.5, 0.6) is 5.75 Å². The van der Waals surface area contributed by atoms with Crippen LogP contribution >= 0.6 is 0 Å². The average Bonchev–Trinajstić information content (AvgIpc) is 3.15. The zero-order valence-corrected chi connectivity index (χ0v) is 15.2. The molecule has 0 saturated carbocycles. The molecule has 1 unspecified atom stereocenters. The van der Waals surface area contributed by atoms with Gasteiger partial charge in [-0.05, 0) is 42.0 Å². The zero-order chi connectivity index (χ0) is 19.2. The largest absolute Gasteiger partial charge is 0.486 e. The van der Waals surface area contributed by atoms with Crippen molar-refractivity contribution in [3.05, 3.63) is 66.1 Å². The van der Waals surface area contributed by atoms with Crippen molar-refractivity contribution in [2.75, 3.05) is 7.11 Å². The van der Waals surface area contributed by atoms with Gasteiger partial charge in [0.05, 0.1) is 13.5 Å². The molecule has 1 atom stereocenters. The maximum absolute atomic E-state index is 12.2. The molecule has 2 aromatic carbocycles. The first-order valence-corrected chi connectivity index (χ1v) is 8.63. The summed E-state index contributed by atoms with van der Waals surface area (Å²) in [7, 11) is 1.31. The van der Waals surface area contributed by atoms with Crippen LogP contribution in [0.15, 0.2) is 59.0 Å². The Morgan fingerprint density at radius 1 is 1.07 bits per heavy atom. The molecule has 6 nitrogen and oxygen atoms in total. The van der Waals surface area contributed by atoms with Gasteiger partial charge in [-0.1, -0.05) is 30.3 Å². The number of fused-ring (bicyclic) bond motifs is 1. The van der Waals surface area contributed by atoms with Crippen LogP contribution in [0.1, 0.15) is 29.7 Å². The first kappa shape index (κ1) is 18.5. The number of hydrogen-bond donors (Lipinski definition) is 1. The summed E-state index contributed by atoms with van der Waals surface area (Å²) in [6, 6.07) is 16.8. The Labute approximate surface area is 157 Å². The standard InChI is InChI=1S/C21H21NO5/c1-14(11-20(23)25-2)22-21(24)19-10-9-18(27-19)13-26-17-8-7-15-5-3-4-6-16(15)12-17/h3-10,12,14H,11,13H2,1-2H3,(H,22,24). The van der Waals surface area contributed by atoms with Crippen molar-refractivity contribution >= 4 is 22.6 Å². The van der Waals surface area contributed by atoms with Gasteiger partial charge in [0, 0.05) is 6.04 Å². The zero-order valence-electron chi connectivity index (χ0n) is 15.2. The molecular weight excluding hydrogens is 346 g/mol. The lowest BCUT2D eigenvalue weighted by molar-refractivity contribution is -0.141. The lowest BCUT2D eigenvalue weighted by atomic mass is 10.1. The van der Waals surface area contributed by atoms with Crippen molar-refractivity contribution in [3.63, 3.8) is 0 Å². The summed E-state index contributed by atoms with van der Waals surface area (Å²) >= 11 is 0. The molecule has 3 aromatic rings. The first-order chi connectivity index (χ1) is 13.0. The van der Waals surface area contributed by atoms with Gasteiger partial charge in [-0.2, -0.15) is 0 Å². The molecule has 0 fully saturated rings. The maximum Gasteiger partial charge on any atom is 0.307 e. The molecule has 1 N–H and O–H groups in total. The van der Waals surface area contributed by atoms with Crippen LogP contribution in [0.4, 0.5) is 0 Å². The minimum atomic E-state index is -0.386. The summed E-state index contributed by atoms with van der Waals surface area (Å²) in [6.07, 6.45) is 0.0981. The third kappa shape index (κ3) is 4.88. The van der Waals surface area contributed by atoms with E-state index in [2.05, 4.69) is 10.1 Å². The van der Waals surface area contributed by atoms with E-state index in [0.29, 0.717) is 5.76 Å². The fraction of sp³-hybridized carbons (Fsp3) is 0.238. The summed E-state index contributed by atoms with van der Waals surface area (Å²) in [6.45, 7) is 1.94. The van der Waals surface area contributed by atoms with Crippen molar-refractivity contribution in [1.29, 1.82) is 0 Å². The van der Waals surface area contributed by atoms with E-state index in [1.165, 1.54) is 7.11 Å². The molecule has 0 saturated heterocycles. The number of benzene rings is 2. The molecule has 1 aromatic heterocycles. The molecule has 1 amide bonds. The Hall–Kier alpha value is -3.28. The number of nitrogens with one attached hydrogen (secondary N) is 1. The van der Waals surface area contributed by atoms with Crippen molar-refractivity contribution in [3.8, 4) is 5.75 Å². The fourth-order valence-corrected chi connectivity index (χ4v) is 2.67. The van der Waals surface area contributed by atoms with Gasteiger partial charge in [0.25, 0.3) is 5.91 Å². The average molecular weight is 367 g/mol. The lowest BCUT2D eigenvalue weighted by Gasteiger charge is -2.11. The van der Waals surface area contributed by atoms with E-state index >= 15 is 0 Å². The normalized spacial score (nSPS) is 11.8. The van der Waals surface area contributed by atoms with Crippen LogP contribution in [-0.2, 0) is 16.1 Å². The third-order valence-corrected chi connectivity index (χ3v) is 4.07. The highest BCUT2D eigenvalue weighted by molar-refractivity contribution is 5.92. The molecule has 140 valence electrons. The molecule has 0 aliphatic heterocycles. The second-order valence-electron chi connectivity index (χ2n) is 6.22. The van der Waals surface area contributed by atoms with Gasteiger partial charge in [0.2, 0.25) is 0 Å². The summed E-state index contributed by atoms with van der Waals surface area (Å²) in [5, 5.41) is 4.93. The Kier molecular flexibility index (Phi) is 5.76. The topological polar surface area (TPSA) is 77.8 Å². The molecule has 0 radical (unpaired) electrons. The van der Waals surface area contributed by atoms with Crippen molar-refractivity contribution < 1.29 is 23.5 Å². The van der Waals surface area contributed by atoms with E-state index < -0.39 is 0 Å². The van der Waals surface area contributed by atoms with Crippen LogP contribution in [0.3, 0.4) is 0 Å². The van der Waals surface area contributed by atoms with Gasteiger partial charge in [0.1, 0.15) is 18.1 Å². The summed E-state index contributed by atoms with van der Waals surface area (Å²) in [5.74, 6) is 0.663. The van der Waals surface area contributed by atoms with Gasteiger partial charge in [-0.25, -0.2) is 0 Å². The second-order valence-corrected chi connectivity index (χ2v) is 6.22. The Morgan fingerprint density at radius 3 is 2.63 bits per heavy atom. The molecule has 0 spiro atoms. The van der Waals surface area contributed by atoms with Gasteiger partial charge >= 0.3 is 5.97 Å². The van der Waals surface area contributed by atoms with Crippen LogP contribution in [-0.4, -0.2) is 25.0 Å². The van der Waals surface area contributed by atoms with Crippen molar-refractivity contribution in [2.24, 2.45) is 0 Å². The maximum atomic E-state index is 12.2. The Morgan fingerprint density at radius 2 is 1.85 bits per heavy atom. The highest BCUT2D eigenvalue weighted by Crippen LogP contribution is 2.21. The van der Waals surface area contributed by atoms with Gasteiger partial charge in [-0.15, -0.1) is 0 Å². The summed E-state index contributed by atoms with van der Waals surface area (Å²) in [4.78, 5) is 23.4. The van der Waals surface area contributed by atoms with Crippen LogP contribution < -0.4 is 10.1 Å². The molecule has 0 aliphatic carbocycles. The van der Waals surface area contributed by atoms with Gasteiger partial charge in [-0.3, -0.25) is 9.59 Å². The number of furan rings is 1. The summed E-state index contributed by atoms with van der Waals surface area (Å²) in [5.41, 5.74) is 0. The minimum Gasteiger partial charge on any atom is -0.486 e. The van der Waals surface area contributed by atoms with Crippen LogP contribution in [0, 0.1) is 0 Å². The number of carbonyl (C=O) groups excluding carboxylic acids is 2. The molecular formula is C21H21NO5. The lowest BCUT2D eigenvalue weighted by Crippen LogP contribution is -2.34. The molecule has 3 rings (SSSR count). The number of amides is 1. The second kappa shape index (κ2) is 8.40. The van der Waals surface area contributed by atoms with Crippen molar-refractivity contribution in [1.82, 2.24) is 5.32 Å². The number of hydrogen-bond acceptors (Lipinski definition) is 5. The van der Waals surface area contributed by atoms with E-state index in [-0.39, 0.29) is 36.7 Å². The van der Waals surface area contributed by atoms with Crippen molar-refractivity contribution in [2.45, 2.75) is 26.0 Å². The SMILES string of the molecule is COC(=O)CC(C)NC(=O)c1ccc(COc2ccc3ccccc3c2)o1. The summed E-state index contributed by atoms with van der Waals surface area (Å²) < 4.78 is 15.9. The number of ether oxygens (including phenoxy) is 2. The quantitative estimate of drug-likeness (QED) is 0.645. The van der Waals surface area contributed by atoms with Gasteiger partial charge < -0.3 is 19.2 Å². The number of rotatable bonds is 7. The Balaban J connectivity index is 1.56.